The van der Waals surface area contributed by atoms with Gasteiger partial charge < -0.3 is 11.1 Å². The van der Waals surface area contributed by atoms with Gasteiger partial charge >= 0.3 is 0 Å². The Morgan fingerprint density at radius 2 is 2.10 bits per heavy atom. The van der Waals surface area contributed by atoms with E-state index in [-0.39, 0.29) is 5.91 Å². The molecule has 20 heavy (non-hydrogen) atoms. The lowest BCUT2D eigenvalue weighted by Crippen LogP contribution is -2.47. The minimum absolute atomic E-state index is 0.167. The first-order chi connectivity index (χ1) is 9.51. The van der Waals surface area contributed by atoms with E-state index in [2.05, 4.69) is 10.4 Å². The Hall–Kier alpha value is -2.14. The summed E-state index contributed by atoms with van der Waals surface area (Å²) in [6.45, 7) is 4.34. The van der Waals surface area contributed by atoms with Crippen molar-refractivity contribution in [3.63, 3.8) is 0 Å². The Morgan fingerprint density at radius 3 is 2.65 bits per heavy atom. The van der Waals surface area contributed by atoms with E-state index in [1.165, 1.54) is 0 Å². The molecule has 5 heteroatoms. The summed E-state index contributed by atoms with van der Waals surface area (Å²) in [5.41, 5.74) is 6.94. The molecule has 1 unspecified atom stereocenters. The van der Waals surface area contributed by atoms with Crippen molar-refractivity contribution in [2.75, 3.05) is 5.32 Å². The first-order valence-electron chi connectivity index (χ1n) is 6.68. The molecule has 106 valence electrons. The lowest BCUT2D eigenvalue weighted by molar-refractivity contribution is -0.120. The van der Waals surface area contributed by atoms with Crippen LogP contribution in [0.25, 0.3) is 0 Å². The Balaban J connectivity index is 2.00. The van der Waals surface area contributed by atoms with Crippen LogP contribution >= 0.6 is 0 Å². The number of aromatic nitrogens is 2. The summed E-state index contributed by atoms with van der Waals surface area (Å²) < 4.78 is 1.85. The van der Waals surface area contributed by atoms with Crippen LogP contribution < -0.4 is 11.1 Å². The number of nitrogens with two attached hydrogens (primary N) is 1. The maximum absolute atomic E-state index is 12.0. The Kier molecular flexibility index (Phi) is 4.20. The third-order valence-corrected chi connectivity index (χ3v) is 3.37. The summed E-state index contributed by atoms with van der Waals surface area (Å²) in [6, 6.07) is 9.58. The van der Waals surface area contributed by atoms with Crippen molar-refractivity contribution >= 4 is 11.6 Å². The van der Waals surface area contributed by atoms with Gasteiger partial charge in [0.1, 0.15) is 0 Å². The predicted molar refractivity (Wildman–Crippen MR) is 79.3 cm³/mol. The molecule has 1 aromatic heterocycles. The van der Waals surface area contributed by atoms with Crippen molar-refractivity contribution in [3.05, 3.63) is 48.3 Å². The second-order valence-corrected chi connectivity index (χ2v) is 5.13. The van der Waals surface area contributed by atoms with Crippen molar-refractivity contribution in [1.29, 1.82) is 0 Å². The summed E-state index contributed by atoms with van der Waals surface area (Å²) in [6.07, 6.45) is 4.26. The number of anilines is 1. The molecule has 0 radical (unpaired) electrons. The van der Waals surface area contributed by atoms with Crippen LogP contribution in [0.3, 0.4) is 0 Å². The van der Waals surface area contributed by atoms with Crippen LogP contribution in [-0.4, -0.2) is 21.2 Å². The number of hydrogen-bond acceptors (Lipinski definition) is 3. The van der Waals surface area contributed by atoms with Gasteiger partial charge in [-0.15, -0.1) is 0 Å². The van der Waals surface area contributed by atoms with Gasteiger partial charge in [-0.2, -0.15) is 5.10 Å². The lowest BCUT2D eigenvalue weighted by Gasteiger charge is -2.21. The van der Waals surface area contributed by atoms with E-state index >= 15 is 0 Å². The lowest BCUT2D eigenvalue weighted by atomic mass is 9.99. The molecule has 0 saturated carbocycles. The molecule has 0 saturated heterocycles. The third kappa shape index (κ3) is 3.45. The van der Waals surface area contributed by atoms with Crippen LogP contribution in [0.2, 0.25) is 0 Å². The molecular weight excluding hydrogens is 252 g/mol. The van der Waals surface area contributed by atoms with Crippen molar-refractivity contribution in [2.24, 2.45) is 5.73 Å². The number of benzene rings is 1. The maximum Gasteiger partial charge on any atom is 0.244 e. The molecule has 1 atom stereocenters. The molecule has 0 fully saturated rings. The molecule has 2 rings (SSSR count). The predicted octanol–water partition coefficient (Wildman–Crippen LogP) is 2.00. The molecule has 0 spiro atoms. The second kappa shape index (κ2) is 5.88. The molecule has 3 N–H and O–H groups in total. The normalized spacial score (nSPS) is 13.8. The van der Waals surface area contributed by atoms with Crippen molar-refractivity contribution in [2.45, 2.75) is 32.4 Å². The van der Waals surface area contributed by atoms with Crippen LogP contribution in [-0.2, 0) is 11.3 Å². The van der Waals surface area contributed by atoms with Crippen molar-refractivity contribution in [1.82, 2.24) is 9.78 Å². The van der Waals surface area contributed by atoms with E-state index in [0.29, 0.717) is 13.0 Å². The number of nitrogens with one attached hydrogen (secondary N) is 1. The van der Waals surface area contributed by atoms with E-state index in [4.69, 9.17) is 5.73 Å². The first-order valence-corrected chi connectivity index (χ1v) is 6.68. The van der Waals surface area contributed by atoms with Gasteiger partial charge in [0, 0.05) is 18.1 Å². The molecule has 0 aliphatic heterocycles. The molecule has 1 aromatic carbocycles. The number of carbonyl (C=O) groups is 1. The molecule has 0 aliphatic rings. The van der Waals surface area contributed by atoms with Gasteiger partial charge in [0.05, 0.1) is 12.1 Å². The molecule has 1 amide bonds. The first kappa shape index (κ1) is 14.3. The van der Waals surface area contributed by atoms with Gasteiger partial charge in [0.15, 0.2) is 0 Å². The maximum atomic E-state index is 12.0. The van der Waals surface area contributed by atoms with E-state index < -0.39 is 5.54 Å². The summed E-state index contributed by atoms with van der Waals surface area (Å²) in [7, 11) is 0. The van der Waals surface area contributed by atoms with Crippen LogP contribution in [0.15, 0.2) is 42.7 Å². The molecule has 0 bridgehead atoms. The third-order valence-electron chi connectivity index (χ3n) is 3.37. The van der Waals surface area contributed by atoms with E-state index in [1.807, 2.05) is 48.1 Å². The van der Waals surface area contributed by atoms with E-state index in [0.717, 1.165) is 11.3 Å². The van der Waals surface area contributed by atoms with Crippen molar-refractivity contribution in [3.8, 4) is 0 Å². The Labute approximate surface area is 118 Å². The highest BCUT2D eigenvalue weighted by Crippen LogP contribution is 2.14. The van der Waals surface area contributed by atoms with Crippen molar-refractivity contribution < 1.29 is 4.79 Å². The molecule has 0 aliphatic carbocycles. The number of hydrogen-bond donors (Lipinski definition) is 2. The monoisotopic (exact) mass is 272 g/mol. The number of rotatable bonds is 5. The second-order valence-electron chi connectivity index (χ2n) is 5.13. The minimum atomic E-state index is -0.840. The minimum Gasteiger partial charge on any atom is -0.325 e. The van der Waals surface area contributed by atoms with Crippen LogP contribution in [0.5, 0.6) is 0 Å². The highest BCUT2D eigenvalue weighted by molar-refractivity contribution is 5.97. The van der Waals surface area contributed by atoms with Crippen LogP contribution in [0, 0.1) is 0 Å². The van der Waals surface area contributed by atoms with Gasteiger partial charge in [-0.1, -0.05) is 19.1 Å². The van der Waals surface area contributed by atoms with E-state index in [9.17, 15) is 4.79 Å². The summed E-state index contributed by atoms with van der Waals surface area (Å²) in [5.74, 6) is -0.167. The molecule has 2 aromatic rings. The van der Waals surface area contributed by atoms with Crippen LogP contribution in [0.4, 0.5) is 5.69 Å². The number of carbonyl (C=O) groups excluding carboxylic acids is 1. The smallest absolute Gasteiger partial charge is 0.244 e. The van der Waals surface area contributed by atoms with Crippen LogP contribution in [0.1, 0.15) is 25.8 Å². The summed E-state index contributed by atoms with van der Waals surface area (Å²) >= 11 is 0. The zero-order valence-corrected chi connectivity index (χ0v) is 11.8. The largest absolute Gasteiger partial charge is 0.325 e. The number of amides is 1. The molecular formula is C15H20N4O. The average molecular weight is 272 g/mol. The quantitative estimate of drug-likeness (QED) is 0.874. The topological polar surface area (TPSA) is 72.9 Å². The van der Waals surface area contributed by atoms with Gasteiger partial charge in [0.2, 0.25) is 5.91 Å². The summed E-state index contributed by atoms with van der Waals surface area (Å²) in [4.78, 5) is 12.0. The van der Waals surface area contributed by atoms with Gasteiger partial charge in [0.25, 0.3) is 0 Å². The zero-order chi connectivity index (χ0) is 14.6. The fourth-order valence-corrected chi connectivity index (χ4v) is 1.71. The highest BCUT2D eigenvalue weighted by atomic mass is 16.2. The SMILES string of the molecule is CCC(C)(N)C(=O)Nc1ccc(Cn2cccn2)cc1. The number of nitrogens with zero attached hydrogens (tertiary/aromatic N) is 2. The molecule has 1 heterocycles. The summed E-state index contributed by atoms with van der Waals surface area (Å²) in [5, 5.41) is 6.99. The van der Waals surface area contributed by atoms with Gasteiger partial charge in [-0.05, 0) is 37.1 Å². The fraction of sp³-hybridized carbons (Fsp3) is 0.333. The van der Waals surface area contributed by atoms with Gasteiger partial charge in [-0.25, -0.2) is 0 Å². The average Bonchev–Trinajstić information content (AvgIpc) is 2.94. The van der Waals surface area contributed by atoms with Gasteiger partial charge in [-0.3, -0.25) is 9.48 Å². The van der Waals surface area contributed by atoms with E-state index in [1.54, 1.807) is 13.1 Å². The standard InChI is InChI=1S/C15H20N4O/c1-3-15(2,16)14(20)18-13-7-5-12(6-8-13)11-19-10-4-9-17-19/h4-10H,3,11,16H2,1-2H3,(H,18,20). The Morgan fingerprint density at radius 1 is 1.40 bits per heavy atom. The fourth-order valence-electron chi connectivity index (χ4n) is 1.71. The zero-order valence-electron chi connectivity index (χ0n) is 11.8. The Bertz CT molecular complexity index is 558. The molecule has 5 nitrogen and oxygen atoms in total. The highest BCUT2D eigenvalue weighted by Gasteiger charge is 2.25.